The van der Waals surface area contributed by atoms with Crippen LogP contribution in [-0.4, -0.2) is 35.0 Å². The van der Waals surface area contributed by atoms with Crippen LogP contribution in [-0.2, 0) is 9.59 Å². The molecule has 0 spiro atoms. The fourth-order valence-corrected chi connectivity index (χ4v) is 5.25. The van der Waals surface area contributed by atoms with Gasteiger partial charge in [-0.3, -0.25) is 19.3 Å². The van der Waals surface area contributed by atoms with Gasteiger partial charge in [0.25, 0.3) is 11.1 Å². The van der Waals surface area contributed by atoms with E-state index in [0.717, 1.165) is 36.1 Å². The fourth-order valence-electron chi connectivity index (χ4n) is 4.38. The maximum absolute atomic E-state index is 12.5. The molecule has 1 saturated heterocycles. The Hall–Kier alpha value is -2.08. The van der Waals surface area contributed by atoms with Crippen molar-refractivity contribution in [1.82, 2.24) is 10.2 Å². The van der Waals surface area contributed by atoms with Gasteiger partial charge in [0.05, 0.1) is 4.91 Å². The normalized spacial score (nSPS) is 29.0. The number of hydrogen-bond donors (Lipinski definition) is 1. The molecule has 2 saturated carbocycles. The zero-order valence-electron chi connectivity index (χ0n) is 14.5. The van der Waals surface area contributed by atoms with Crippen LogP contribution in [0.3, 0.4) is 0 Å². The van der Waals surface area contributed by atoms with Gasteiger partial charge in [0.2, 0.25) is 5.91 Å². The fraction of sp³-hybridized carbons (Fsp3) is 0.450. The highest BCUT2D eigenvalue weighted by Crippen LogP contribution is 2.48. The van der Waals surface area contributed by atoms with E-state index < -0.39 is 0 Å². The molecular weight excluding hydrogens is 348 g/mol. The van der Waals surface area contributed by atoms with E-state index in [1.807, 2.05) is 30.3 Å². The molecule has 1 aromatic carbocycles. The number of benzene rings is 1. The number of rotatable bonds is 5. The van der Waals surface area contributed by atoms with Crippen molar-refractivity contribution in [2.75, 3.05) is 13.1 Å². The van der Waals surface area contributed by atoms with Crippen LogP contribution in [0.2, 0.25) is 0 Å². The van der Waals surface area contributed by atoms with Crippen molar-refractivity contribution in [2.45, 2.75) is 25.7 Å². The van der Waals surface area contributed by atoms with Crippen LogP contribution in [0.5, 0.6) is 0 Å². The van der Waals surface area contributed by atoms with E-state index in [1.54, 1.807) is 6.08 Å². The maximum Gasteiger partial charge on any atom is 0.293 e. The third kappa shape index (κ3) is 3.43. The minimum atomic E-state index is -0.280. The van der Waals surface area contributed by atoms with Crippen molar-refractivity contribution in [3.05, 3.63) is 40.8 Å². The van der Waals surface area contributed by atoms with Crippen LogP contribution >= 0.6 is 11.8 Å². The Morgan fingerprint density at radius 2 is 2.00 bits per heavy atom. The first-order valence-electron chi connectivity index (χ1n) is 9.20. The number of nitrogens with zero attached hydrogens (tertiary/aromatic N) is 1. The summed E-state index contributed by atoms with van der Waals surface area (Å²) in [7, 11) is 0. The molecule has 3 amide bonds. The van der Waals surface area contributed by atoms with Crippen LogP contribution in [0.15, 0.2) is 35.2 Å². The maximum atomic E-state index is 12.5. The third-order valence-corrected chi connectivity index (χ3v) is 6.59. The number of thioether (sulfide) groups is 1. The monoisotopic (exact) mass is 370 g/mol. The Morgan fingerprint density at radius 1 is 1.19 bits per heavy atom. The molecule has 1 N–H and O–H groups in total. The van der Waals surface area contributed by atoms with Crippen molar-refractivity contribution >= 4 is 34.9 Å². The van der Waals surface area contributed by atoms with Crippen molar-refractivity contribution in [1.29, 1.82) is 0 Å². The second-order valence-corrected chi connectivity index (χ2v) is 8.31. The second-order valence-electron chi connectivity index (χ2n) is 7.32. The van der Waals surface area contributed by atoms with Gasteiger partial charge in [-0.15, -0.1) is 0 Å². The Bertz CT molecular complexity index is 762. The molecule has 1 aromatic rings. The summed E-state index contributed by atoms with van der Waals surface area (Å²) in [6.07, 6.45) is 6.34. The van der Waals surface area contributed by atoms with E-state index in [4.69, 9.17) is 0 Å². The van der Waals surface area contributed by atoms with Gasteiger partial charge < -0.3 is 5.32 Å². The summed E-state index contributed by atoms with van der Waals surface area (Å²) >= 11 is 0.956. The minimum Gasteiger partial charge on any atom is -0.354 e. The molecule has 1 heterocycles. The lowest BCUT2D eigenvalue weighted by Gasteiger charge is -2.21. The number of hydrogen-bond acceptors (Lipinski definition) is 4. The number of fused-ring (bicyclic) bond motifs is 2. The molecule has 3 aliphatic rings. The Labute approximate surface area is 157 Å². The van der Waals surface area contributed by atoms with E-state index in [9.17, 15) is 14.4 Å². The highest BCUT2D eigenvalue weighted by atomic mass is 32.2. The summed E-state index contributed by atoms with van der Waals surface area (Å²) in [5.74, 6) is 1.19. The standard InChI is InChI=1S/C20H22N2O3S/c23-18(16-11-14-6-7-15(16)10-14)21-8-9-22-19(24)17(26-20(22)25)12-13-4-2-1-3-5-13/h1-5,12,14-16H,6-11H2,(H,21,23)/b17-12-. The lowest BCUT2D eigenvalue weighted by Crippen LogP contribution is -2.40. The van der Waals surface area contributed by atoms with Gasteiger partial charge in [-0.25, -0.2) is 0 Å². The number of imide groups is 1. The lowest BCUT2D eigenvalue weighted by atomic mass is 9.88. The molecule has 3 atom stereocenters. The number of carbonyl (C=O) groups is 3. The molecule has 136 valence electrons. The Morgan fingerprint density at radius 3 is 2.69 bits per heavy atom. The van der Waals surface area contributed by atoms with Crippen LogP contribution in [0, 0.1) is 17.8 Å². The molecule has 2 aliphatic carbocycles. The summed E-state index contributed by atoms with van der Waals surface area (Å²) in [5, 5.41) is 2.66. The van der Waals surface area contributed by atoms with Crippen LogP contribution in [0.25, 0.3) is 6.08 Å². The number of carbonyl (C=O) groups excluding carboxylic acids is 3. The molecular formula is C20H22N2O3S. The van der Waals surface area contributed by atoms with Gasteiger partial charge in [-0.1, -0.05) is 36.8 Å². The van der Waals surface area contributed by atoms with Crippen molar-refractivity contribution in [3.63, 3.8) is 0 Å². The molecule has 0 radical (unpaired) electrons. The molecule has 6 heteroatoms. The zero-order chi connectivity index (χ0) is 18.1. The van der Waals surface area contributed by atoms with Gasteiger partial charge in [-0.05, 0) is 54.5 Å². The molecule has 26 heavy (non-hydrogen) atoms. The summed E-state index contributed by atoms with van der Waals surface area (Å²) in [4.78, 5) is 38.6. The van der Waals surface area contributed by atoms with Crippen LogP contribution in [0.1, 0.15) is 31.2 Å². The molecule has 3 fully saturated rings. The second kappa shape index (κ2) is 7.27. The molecule has 1 aliphatic heterocycles. The molecule has 0 aromatic heterocycles. The Balaban J connectivity index is 1.31. The van der Waals surface area contributed by atoms with Crippen LogP contribution in [0.4, 0.5) is 4.79 Å². The van der Waals surface area contributed by atoms with Crippen LogP contribution < -0.4 is 5.32 Å². The highest BCUT2D eigenvalue weighted by molar-refractivity contribution is 8.18. The van der Waals surface area contributed by atoms with Gasteiger partial charge in [0, 0.05) is 19.0 Å². The van der Waals surface area contributed by atoms with E-state index in [1.165, 1.54) is 17.7 Å². The molecule has 2 bridgehead atoms. The predicted molar refractivity (Wildman–Crippen MR) is 101 cm³/mol. The third-order valence-electron chi connectivity index (χ3n) is 5.68. The van der Waals surface area contributed by atoms with Gasteiger partial charge >= 0.3 is 0 Å². The first-order chi connectivity index (χ1) is 12.6. The average Bonchev–Trinajstić information content (AvgIpc) is 3.34. The first-order valence-corrected chi connectivity index (χ1v) is 10.0. The first kappa shape index (κ1) is 17.3. The van der Waals surface area contributed by atoms with Crippen molar-refractivity contribution in [2.24, 2.45) is 17.8 Å². The SMILES string of the molecule is O=C(NCCN1C(=O)S/C(=C\c2ccccc2)C1=O)C1CC2CCC1C2. The van der Waals surface area contributed by atoms with E-state index in [-0.39, 0.29) is 29.5 Å². The van der Waals surface area contributed by atoms with Crippen molar-refractivity contribution in [3.8, 4) is 0 Å². The smallest absolute Gasteiger partial charge is 0.293 e. The average molecular weight is 370 g/mol. The minimum absolute atomic E-state index is 0.0870. The molecule has 4 rings (SSSR count). The van der Waals surface area contributed by atoms with E-state index >= 15 is 0 Å². The summed E-state index contributed by atoms with van der Waals surface area (Å²) in [6, 6.07) is 9.47. The Kier molecular flexibility index (Phi) is 4.85. The van der Waals surface area contributed by atoms with E-state index in [0.29, 0.717) is 17.4 Å². The van der Waals surface area contributed by atoms with Gasteiger partial charge in [0.15, 0.2) is 0 Å². The van der Waals surface area contributed by atoms with Crippen molar-refractivity contribution < 1.29 is 14.4 Å². The predicted octanol–water partition coefficient (Wildman–Crippen LogP) is 3.28. The quantitative estimate of drug-likeness (QED) is 0.808. The molecule has 3 unspecified atom stereocenters. The number of nitrogens with one attached hydrogen (secondary N) is 1. The zero-order valence-corrected chi connectivity index (χ0v) is 15.3. The number of amides is 3. The topological polar surface area (TPSA) is 66.5 Å². The lowest BCUT2D eigenvalue weighted by molar-refractivity contribution is -0.127. The van der Waals surface area contributed by atoms with E-state index in [2.05, 4.69) is 5.32 Å². The summed E-state index contributed by atoms with van der Waals surface area (Å²) in [6.45, 7) is 0.548. The summed E-state index contributed by atoms with van der Waals surface area (Å²) in [5.41, 5.74) is 0.891. The van der Waals surface area contributed by atoms with Gasteiger partial charge in [-0.2, -0.15) is 0 Å². The van der Waals surface area contributed by atoms with Gasteiger partial charge in [0.1, 0.15) is 0 Å². The summed E-state index contributed by atoms with van der Waals surface area (Å²) < 4.78 is 0. The largest absolute Gasteiger partial charge is 0.354 e. The highest BCUT2D eigenvalue weighted by Gasteiger charge is 2.43. The molecule has 5 nitrogen and oxygen atoms in total.